The third-order valence-electron chi connectivity index (χ3n) is 3.16. The molecule has 0 aliphatic carbocycles. The Bertz CT molecular complexity index is 382. The topological polar surface area (TPSA) is 81.8 Å². The minimum Gasteiger partial charge on any atom is -0.468 e. The number of aliphatic hydroxyl groups excluding tert-OH is 1. The van der Waals surface area contributed by atoms with Gasteiger partial charge in [-0.25, -0.2) is 0 Å². The Morgan fingerprint density at radius 3 is 2.53 bits per heavy atom. The largest absolute Gasteiger partial charge is 0.468 e. The Morgan fingerprint density at radius 2 is 2.00 bits per heavy atom. The minimum atomic E-state index is -0.897. The van der Waals surface area contributed by atoms with E-state index in [-0.39, 0.29) is 25.7 Å². The van der Waals surface area contributed by atoms with Gasteiger partial charge in [-0.2, -0.15) is 0 Å². The molecule has 0 aliphatic rings. The van der Waals surface area contributed by atoms with Crippen molar-refractivity contribution in [1.82, 2.24) is 0 Å². The molecule has 0 saturated heterocycles. The van der Waals surface area contributed by atoms with Crippen molar-refractivity contribution in [1.29, 1.82) is 0 Å². The van der Waals surface area contributed by atoms with Gasteiger partial charge in [-0.1, -0.05) is 30.3 Å². The van der Waals surface area contributed by atoms with Gasteiger partial charge >= 0.3 is 5.97 Å². The summed E-state index contributed by atoms with van der Waals surface area (Å²) in [6, 6.07) is 9.31. The van der Waals surface area contributed by atoms with Crippen LogP contribution in [0.3, 0.4) is 0 Å². The normalized spacial score (nSPS) is 13.8. The molecule has 0 amide bonds. The first kappa shape index (κ1) is 15.6. The predicted octanol–water partition coefficient (Wildman–Crippen LogP) is 0.455. The number of benzene rings is 1. The molecule has 0 saturated carbocycles. The van der Waals surface area contributed by atoms with E-state index in [2.05, 4.69) is 0 Å². The summed E-state index contributed by atoms with van der Waals surface area (Å²) in [7, 11) is 1.35. The van der Waals surface area contributed by atoms with Gasteiger partial charge in [-0.05, 0) is 12.0 Å². The summed E-state index contributed by atoms with van der Waals surface area (Å²) in [4.78, 5) is 12.1. The molecule has 1 atom stereocenters. The summed E-state index contributed by atoms with van der Waals surface area (Å²) in [5.41, 5.74) is 5.74. The Balaban J connectivity index is 2.92. The van der Waals surface area contributed by atoms with Crippen LogP contribution in [0.2, 0.25) is 0 Å². The van der Waals surface area contributed by atoms with E-state index in [4.69, 9.17) is 20.3 Å². The number of esters is 1. The van der Waals surface area contributed by atoms with E-state index < -0.39 is 5.41 Å². The molecule has 0 fully saturated rings. The fraction of sp³-hybridized carbons (Fsp3) is 0.500. The lowest BCUT2D eigenvalue weighted by atomic mass is 9.78. The van der Waals surface area contributed by atoms with Crippen molar-refractivity contribution in [2.75, 3.05) is 33.5 Å². The summed E-state index contributed by atoms with van der Waals surface area (Å²) in [6.45, 7) is 0.684. The Hall–Kier alpha value is -1.43. The zero-order chi connectivity index (χ0) is 14.1. The maximum atomic E-state index is 12.1. The number of methoxy groups -OCH3 is 1. The molecular formula is C14H21NO4. The summed E-state index contributed by atoms with van der Waals surface area (Å²) in [5.74, 6) is -0.367. The second kappa shape index (κ2) is 7.89. The number of carbonyl (C=O) groups is 1. The van der Waals surface area contributed by atoms with Gasteiger partial charge in [-0.15, -0.1) is 0 Å². The number of hydrogen-bond acceptors (Lipinski definition) is 5. The van der Waals surface area contributed by atoms with Crippen molar-refractivity contribution in [3.05, 3.63) is 35.9 Å². The van der Waals surface area contributed by atoms with Crippen LogP contribution in [0, 0.1) is 0 Å². The van der Waals surface area contributed by atoms with Gasteiger partial charge in [0.2, 0.25) is 0 Å². The van der Waals surface area contributed by atoms with Crippen molar-refractivity contribution >= 4 is 5.97 Å². The van der Waals surface area contributed by atoms with Gasteiger partial charge < -0.3 is 20.3 Å². The molecule has 1 aromatic carbocycles. The predicted molar refractivity (Wildman–Crippen MR) is 71.7 cm³/mol. The number of carbonyl (C=O) groups excluding carboxylic acids is 1. The van der Waals surface area contributed by atoms with E-state index in [0.717, 1.165) is 5.56 Å². The van der Waals surface area contributed by atoms with Gasteiger partial charge in [0, 0.05) is 13.2 Å². The second-order valence-corrected chi connectivity index (χ2v) is 4.23. The van der Waals surface area contributed by atoms with Gasteiger partial charge in [-0.3, -0.25) is 4.79 Å². The highest BCUT2D eigenvalue weighted by Gasteiger charge is 2.39. The molecule has 0 spiro atoms. The molecular weight excluding hydrogens is 246 g/mol. The zero-order valence-corrected chi connectivity index (χ0v) is 11.2. The van der Waals surface area contributed by atoms with E-state index >= 15 is 0 Å². The Morgan fingerprint density at radius 1 is 1.32 bits per heavy atom. The fourth-order valence-electron chi connectivity index (χ4n) is 2.03. The Labute approximate surface area is 113 Å². The quantitative estimate of drug-likeness (QED) is 0.528. The lowest BCUT2D eigenvalue weighted by molar-refractivity contribution is -0.148. The maximum absolute atomic E-state index is 12.1. The molecule has 0 aliphatic heterocycles. The average Bonchev–Trinajstić information content (AvgIpc) is 2.48. The van der Waals surface area contributed by atoms with Crippen molar-refractivity contribution in [2.24, 2.45) is 5.73 Å². The van der Waals surface area contributed by atoms with Crippen molar-refractivity contribution in [3.63, 3.8) is 0 Å². The molecule has 0 heterocycles. The molecule has 0 radical (unpaired) electrons. The van der Waals surface area contributed by atoms with Crippen LogP contribution in [0.25, 0.3) is 0 Å². The number of ether oxygens (including phenoxy) is 2. The first-order valence-electron chi connectivity index (χ1n) is 6.24. The highest BCUT2D eigenvalue weighted by Crippen LogP contribution is 2.28. The smallest absolute Gasteiger partial charge is 0.317 e. The van der Waals surface area contributed by atoms with Crippen molar-refractivity contribution in [2.45, 2.75) is 11.8 Å². The van der Waals surface area contributed by atoms with Crippen LogP contribution in [0.15, 0.2) is 30.3 Å². The van der Waals surface area contributed by atoms with Crippen LogP contribution < -0.4 is 5.73 Å². The highest BCUT2D eigenvalue weighted by molar-refractivity contribution is 5.83. The highest BCUT2D eigenvalue weighted by atomic mass is 16.5. The number of nitrogens with two attached hydrogens (primary N) is 1. The molecule has 0 bridgehead atoms. The monoisotopic (exact) mass is 267 g/mol. The van der Waals surface area contributed by atoms with E-state index in [9.17, 15) is 4.79 Å². The summed E-state index contributed by atoms with van der Waals surface area (Å²) < 4.78 is 10.1. The third-order valence-corrected chi connectivity index (χ3v) is 3.16. The van der Waals surface area contributed by atoms with E-state index in [1.165, 1.54) is 7.11 Å². The van der Waals surface area contributed by atoms with Crippen LogP contribution in [0.1, 0.15) is 12.0 Å². The molecule has 5 nitrogen and oxygen atoms in total. The number of aliphatic hydroxyl groups is 1. The lowest BCUT2D eigenvalue weighted by Gasteiger charge is -2.30. The van der Waals surface area contributed by atoms with E-state index in [1.807, 2.05) is 30.3 Å². The SMILES string of the molecule is COC(=O)C(CN)(CCOCCO)c1ccccc1. The fourth-order valence-corrected chi connectivity index (χ4v) is 2.03. The van der Waals surface area contributed by atoms with E-state index in [0.29, 0.717) is 13.0 Å². The average molecular weight is 267 g/mol. The van der Waals surface area contributed by atoms with Crippen LogP contribution >= 0.6 is 0 Å². The summed E-state index contributed by atoms with van der Waals surface area (Å²) >= 11 is 0. The first-order valence-corrected chi connectivity index (χ1v) is 6.24. The molecule has 0 aromatic heterocycles. The molecule has 3 N–H and O–H groups in total. The molecule has 19 heavy (non-hydrogen) atoms. The van der Waals surface area contributed by atoms with Gasteiger partial charge in [0.25, 0.3) is 0 Å². The van der Waals surface area contributed by atoms with Gasteiger partial charge in [0.15, 0.2) is 0 Å². The molecule has 1 rings (SSSR count). The number of hydrogen-bond donors (Lipinski definition) is 2. The van der Waals surface area contributed by atoms with E-state index in [1.54, 1.807) is 0 Å². The van der Waals surface area contributed by atoms with Gasteiger partial charge in [0.1, 0.15) is 5.41 Å². The molecule has 106 valence electrons. The van der Waals surface area contributed by atoms with Crippen molar-refractivity contribution < 1.29 is 19.4 Å². The first-order chi connectivity index (χ1) is 9.21. The summed E-state index contributed by atoms with van der Waals surface area (Å²) in [6.07, 6.45) is 0.417. The standard InChI is InChI=1S/C14H21NO4/c1-18-13(17)14(11-15,7-9-19-10-8-16)12-5-3-2-4-6-12/h2-6,16H,7-11,15H2,1H3. The molecule has 1 aromatic rings. The van der Waals surface area contributed by atoms with Crippen LogP contribution in [0.5, 0.6) is 0 Å². The Kier molecular flexibility index (Phi) is 6.49. The number of rotatable bonds is 8. The summed E-state index contributed by atoms with van der Waals surface area (Å²) in [5, 5.41) is 8.68. The zero-order valence-electron chi connectivity index (χ0n) is 11.2. The maximum Gasteiger partial charge on any atom is 0.317 e. The van der Waals surface area contributed by atoms with Gasteiger partial charge in [0.05, 0.1) is 20.3 Å². The second-order valence-electron chi connectivity index (χ2n) is 4.23. The third kappa shape index (κ3) is 3.76. The van der Waals surface area contributed by atoms with Crippen LogP contribution in [-0.4, -0.2) is 44.6 Å². The molecule has 1 unspecified atom stereocenters. The van der Waals surface area contributed by atoms with Crippen molar-refractivity contribution in [3.8, 4) is 0 Å². The molecule has 5 heteroatoms. The lowest BCUT2D eigenvalue weighted by Crippen LogP contribution is -2.44. The minimum absolute atomic E-state index is 0.0425. The van der Waals surface area contributed by atoms with Crippen LogP contribution in [0.4, 0.5) is 0 Å². The van der Waals surface area contributed by atoms with Crippen LogP contribution in [-0.2, 0) is 19.7 Å².